The molecule has 7 nitrogen and oxygen atoms in total. The highest BCUT2D eigenvalue weighted by molar-refractivity contribution is 7.92. The number of nitrogens with zero attached hydrogens (tertiary/aromatic N) is 1. The van der Waals surface area contributed by atoms with Crippen LogP contribution in [-0.2, 0) is 16.2 Å². The first-order chi connectivity index (χ1) is 11.4. The van der Waals surface area contributed by atoms with Gasteiger partial charge >= 0.3 is 6.18 Å². The first kappa shape index (κ1) is 18.8. The molecule has 0 atom stereocenters. The third-order valence-corrected chi connectivity index (χ3v) is 4.68. The topological polar surface area (TPSA) is 110 Å². The number of hydrogen-bond acceptors (Lipinski definition) is 5. The van der Waals surface area contributed by atoms with Crippen LogP contribution in [-0.4, -0.2) is 18.4 Å². The summed E-state index contributed by atoms with van der Waals surface area (Å²) in [5, 5.41) is 19.6. The third kappa shape index (κ3) is 4.12. The first-order valence-electron chi connectivity index (χ1n) is 6.29. The van der Waals surface area contributed by atoms with Crippen LogP contribution in [0.3, 0.4) is 0 Å². The zero-order chi connectivity index (χ0) is 19.0. The van der Waals surface area contributed by atoms with Crippen molar-refractivity contribution in [3.8, 4) is 5.75 Å². The summed E-state index contributed by atoms with van der Waals surface area (Å²) in [6.45, 7) is 0. The molecule has 12 heteroatoms. The second kappa shape index (κ2) is 6.41. The van der Waals surface area contributed by atoms with Gasteiger partial charge in [0.2, 0.25) is 0 Å². The summed E-state index contributed by atoms with van der Waals surface area (Å²) >= 11 is 5.42. The Labute approximate surface area is 143 Å². The molecule has 0 saturated heterocycles. The molecule has 0 fully saturated rings. The summed E-state index contributed by atoms with van der Waals surface area (Å²) in [6, 6.07) is 4.43. The van der Waals surface area contributed by atoms with Crippen molar-refractivity contribution in [3.63, 3.8) is 0 Å². The van der Waals surface area contributed by atoms with Gasteiger partial charge in [0, 0.05) is 12.1 Å². The molecule has 0 amide bonds. The molecule has 0 heterocycles. The van der Waals surface area contributed by atoms with Crippen molar-refractivity contribution in [2.24, 2.45) is 0 Å². The molecule has 0 aliphatic heterocycles. The van der Waals surface area contributed by atoms with Crippen LogP contribution in [0.4, 0.5) is 24.5 Å². The van der Waals surface area contributed by atoms with Crippen LogP contribution in [0.15, 0.2) is 41.3 Å². The Morgan fingerprint density at radius 2 is 1.80 bits per heavy atom. The van der Waals surface area contributed by atoms with E-state index in [9.17, 15) is 36.8 Å². The number of nitrogens with one attached hydrogen (secondary N) is 1. The summed E-state index contributed by atoms with van der Waals surface area (Å²) in [5.74, 6) is -0.640. The van der Waals surface area contributed by atoms with E-state index in [4.69, 9.17) is 11.6 Å². The largest absolute Gasteiger partial charge is 0.506 e. The molecular formula is C13H8ClF3N2O5S. The summed E-state index contributed by atoms with van der Waals surface area (Å²) < 4.78 is 64.8. The molecule has 2 aromatic carbocycles. The lowest BCUT2D eigenvalue weighted by Crippen LogP contribution is -2.15. The molecule has 2 N–H and O–H groups in total. The van der Waals surface area contributed by atoms with Gasteiger partial charge in [0.05, 0.1) is 26.1 Å². The van der Waals surface area contributed by atoms with E-state index in [0.717, 1.165) is 30.3 Å². The molecule has 2 aromatic rings. The second-order valence-electron chi connectivity index (χ2n) is 4.70. The number of hydrogen-bond donors (Lipinski definition) is 2. The number of alkyl halides is 3. The maximum atomic E-state index is 12.8. The highest BCUT2D eigenvalue weighted by Gasteiger charge is 2.34. The molecule has 0 unspecified atom stereocenters. The van der Waals surface area contributed by atoms with Crippen molar-refractivity contribution >= 4 is 33.0 Å². The minimum atomic E-state index is -4.88. The predicted octanol–water partition coefficient (Wildman–Crippen LogP) is 3.77. The number of non-ortho nitro benzene ring substituents is 1. The van der Waals surface area contributed by atoms with Crippen LogP contribution < -0.4 is 4.72 Å². The number of rotatable bonds is 4. The van der Waals surface area contributed by atoms with E-state index in [-0.39, 0.29) is 0 Å². The number of halogens is 4. The lowest BCUT2D eigenvalue weighted by Gasteiger charge is -2.13. The van der Waals surface area contributed by atoms with E-state index in [1.54, 1.807) is 4.72 Å². The number of nitro benzene ring substituents is 1. The van der Waals surface area contributed by atoms with E-state index in [2.05, 4.69) is 0 Å². The van der Waals surface area contributed by atoms with Gasteiger partial charge in [-0.1, -0.05) is 11.6 Å². The molecule has 0 spiro atoms. The maximum Gasteiger partial charge on any atom is 0.417 e. The number of benzene rings is 2. The molecule has 2 rings (SSSR count). The van der Waals surface area contributed by atoms with Crippen LogP contribution in [0.1, 0.15) is 5.56 Å². The van der Waals surface area contributed by atoms with Gasteiger partial charge in [-0.25, -0.2) is 8.42 Å². The standard InChI is InChI=1S/C13H8ClF3N2O5S/c14-10-3-2-8(6-9(10)13(15,16)17)25(23,24)18-11-5-7(19(21)22)1-4-12(11)20/h1-6,18,20H. The Hall–Kier alpha value is -2.53. The number of anilines is 1. The monoisotopic (exact) mass is 396 g/mol. The molecular weight excluding hydrogens is 389 g/mol. The number of phenols is 1. The Bertz CT molecular complexity index is 947. The first-order valence-corrected chi connectivity index (χ1v) is 8.15. The Balaban J connectivity index is 2.47. The fourth-order valence-corrected chi connectivity index (χ4v) is 3.13. The fourth-order valence-electron chi connectivity index (χ4n) is 1.81. The maximum absolute atomic E-state index is 12.8. The van der Waals surface area contributed by atoms with Crippen molar-refractivity contribution < 1.29 is 31.6 Å². The molecule has 25 heavy (non-hydrogen) atoms. The summed E-state index contributed by atoms with van der Waals surface area (Å²) in [6.07, 6.45) is -4.88. The number of aromatic hydroxyl groups is 1. The molecule has 0 saturated carbocycles. The molecule has 0 bridgehead atoms. The Morgan fingerprint density at radius 3 is 2.36 bits per heavy atom. The highest BCUT2D eigenvalue weighted by Crippen LogP contribution is 2.36. The SMILES string of the molecule is O=[N+]([O-])c1ccc(O)c(NS(=O)(=O)c2ccc(Cl)c(C(F)(F)F)c2)c1. The van der Waals surface area contributed by atoms with Crippen molar-refractivity contribution in [1.29, 1.82) is 0 Å². The van der Waals surface area contributed by atoms with E-state index < -0.39 is 53.7 Å². The lowest BCUT2D eigenvalue weighted by atomic mass is 10.2. The van der Waals surface area contributed by atoms with Gasteiger partial charge in [-0.05, 0) is 24.3 Å². The Kier molecular flexibility index (Phi) is 4.82. The molecule has 134 valence electrons. The molecule has 0 aromatic heterocycles. The van der Waals surface area contributed by atoms with Crippen molar-refractivity contribution in [3.05, 3.63) is 57.1 Å². The van der Waals surface area contributed by atoms with Crippen LogP contribution in [0.25, 0.3) is 0 Å². The molecule has 0 radical (unpaired) electrons. The minimum Gasteiger partial charge on any atom is -0.506 e. The van der Waals surface area contributed by atoms with Gasteiger partial charge in [0.1, 0.15) is 5.75 Å². The van der Waals surface area contributed by atoms with Gasteiger partial charge in [-0.15, -0.1) is 0 Å². The second-order valence-corrected chi connectivity index (χ2v) is 6.79. The number of sulfonamides is 1. The average molecular weight is 397 g/mol. The summed E-state index contributed by atoms with van der Waals surface area (Å²) in [4.78, 5) is 9.09. The summed E-state index contributed by atoms with van der Waals surface area (Å²) in [7, 11) is -4.57. The van der Waals surface area contributed by atoms with Crippen molar-refractivity contribution in [2.45, 2.75) is 11.1 Å². The van der Waals surface area contributed by atoms with E-state index in [1.807, 2.05) is 0 Å². The Morgan fingerprint density at radius 1 is 1.16 bits per heavy atom. The van der Waals surface area contributed by atoms with Crippen LogP contribution in [0, 0.1) is 10.1 Å². The van der Waals surface area contributed by atoms with Gasteiger partial charge in [-0.2, -0.15) is 13.2 Å². The zero-order valence-electron chi connectivity index (χ0n) is 11.9. The van der Waals surface area contributed by atoms with Gasteiger partial charge in [-0.3, -0.25) is 14.8 Å². The predicted molar refractivity (Wildman–Crippen MR) is 82.0 cm³/mol. The van der Waals surface area contributed by atoms with Gasteiger partial charge in [0.15, 0.2) is 0 Å². The van der Waals surface area contributed by atoms with E-state index >= 15 is 0 Å². The lowest BCUT2D eigenvalue weighted by molar-refractivity contribution is -0.384. The van der Waals surface area contributed by atoms with E-state index in [0.29, 0.717) is 6.07 Å². The average Bonchev–Trinajstić information content (AvgIpc) is 2.48. The molecule has 0 aliphatic carbocycles. The fraction of sp³-hybridized carbons (Fsp3) is 0.0769. The van der Waals surface area contributed by atoms with Gasteiger partial charge in [0.25, 0.3) is 15.7 Å². The highest BCUT2D eigenvalue weighted by atomic mass is 35.5. The third-order valence-electron chi connectivity index (χ3n) is 2.99. The number of nitro groups is 1. The minimum absolute atomic E-state index is 0.319. The quantitative estimate of drug-likeness (QED) is 0.464. The van der Waals surface area contributed by atoms with Gasteiger partial charge < -0.3 is 5.11 Å². The zero-order valence-corrected chi connectivity index (χ0v) is 13.5. The van der Waals surface area contributed by atoms with Crippen LogP contribution >= 0.6 is 11.6 Å². The van der Waals surface area contributed by atoms with Crippen LogP contribution in [0.2, 0.25) is 5.02 Å². The van der Waals surface area contributed by atoms with Crippen LogP contribution in [0.5, 0.6) is 5.75 Å². The van der Waals surface area contributed by atoms with Crippen molar-refractivity contribution in [1.82, 2.24) is 0 Å². The smallest absolute Gasteiger partial charge is 0.417 e. The number of phenolic OH excluding ortho intramolecular Hbond substituents is 1. The summed E-state index contributed by atoms with van der Waals surface area (Å²) in [5.41, 5.74) is -2.44. The van der Waals surface area contributed by atoms with E-state index in [1.165, 1.54) is 0 Å². The molecule has 0 aliphatic rings. The normalized spacial score (nSPS) is 12.0. The van der Waals surface area contributed by atoms with Crippen molar-refractivity contribution in [2.75, 3.05) is 4.72 Å².